The second-order valence-corrected chi connectivity index (χ2v) is 15.0. The van der Waals surface area contributed by atoms with Crippen LogP contribution in [0.5, 0.6) is 17.2 Å². The van der Waals surface area contributed by atoms with E-state index in [0.717, 1.165) is 26.1 Å². The summed E-state index contributed by atoms with van der Waals surface area (Å²) in [5.41, 5.74) is 1.27. The SMILES string of the molecule is COc1cc(O)c(C2C3=CCC4C(=O)NC(=O)C4C3CC3C(=O)N(c4cc(-c5sc6ccc(Cl)cc6c5C)nn4C)C(=O)C32C)c(OC)c1. The van der Waals surface area contributed by atoms with Crippen molar-refractivity contribution in [2.75, 3.05) is 19.1 Å². The molecule has 49 heavy (non-hydrogen) atoms. The summed E-state index contributed by atoms with van der Waals surface area (Å²) in [7, 11) is 4.62. The van der Waals surface area contributed by atoms with Gasteiger partial charge in [0.15, 0.2) is 0 Å². The Morgan fingerprint density at radius 2 is 1.84 bits per heavy atom. The average molecular weight is 701 g/mol. The van der Waals surface area contributed by atoms with Crippen molar-refractivity contribution in [1.29, 1.82) is 0 Å². The Labute approximate surface area is 290 Å². The number of fused-ring (bicyclic) bond motifs is 5. The van der Waals surface area contributed by atoms with Gasteiger partial charge in [-0.3, -0.25) is 29.2 Å². The number of phenolic OH excluding ortho intramolecular Hbond substituents is 1. The first-order valence-corrected chi connectivity index (χ1v) is 17.2. The highest BCUT2D eigenvalue weighted by Crippen LogP contribution is 2.65. The molecule has 4 aliphatic rings. The van der Waals surface area contributed by atoms with E-state index in [-0.39, 0.29) is 29.7 Å². The number of imide groups is 2. The Morgan fingerprint density at radius 3 is 2.57 bits per heavy atom. The molecule has 2 saturated heterocycles. The number of phenols is 1. The molecule has 2 aliphatic carbocycles. The molecule has 3 fully saturated rings. The number of carbonyl (C=O) groups is 4. The summed E-state index contributed by atoms with van der Waals surface area (Å²) in [6, 6.07) is 10.5. The molecular formula is C36H33ClN4O7S. The smallest absolute Gasteiger partial charge is 0.242 e. The maximum atomic E-state index is 15.0. The van der Waals surface area contributed by atoms with Gasteiger partial charge in [0.2, 0.25) is 23.6 Å². The molecule has 2 aliphatic heterocycles. The molecule has 8 rings (SSSR count). The molecule has 4 amide bonds. The van der Waals surface area contributed by atoms with Gasteiger partial charge in [0.1, 0.15) is 28.8 Å². The van der Waals surface area contributed by atoms with Gasteiger partial charge >= 0.3 is 0 Å². The number of nitrogens with zero attached hydrogens (tertiary/aromatic N) is 3. The quantitative estimate of drug-likeness (QED) is 0.205. The second-order valence-electron chi connectivity index (χ2n) is 13.5. The molecule has 0 spiro atoms. The van der Waals surface area contributed by atoms with Crippen LogP contribution in [-0.2, 0) is 26.2 Å². The molecule has 2 N–H and O–H groups in total. The molecule has 11 nitrogen and oxygen atoms in total. The van der Waals surface area contributed by atoms with E-state index in [0.29, 0.717) is 34.3 Å². The number of allylic oxidation sites excluding steroid dienone is 2. The van der Waals surface area contributed by atoms with Crippen LogP contribution in [0.15, 0.2) is 48.0 Å². The number of thiophene rings is 1. The highest BCUT2D eigenvalue weighted by molar-refractivity contribution is 7.22. The molecular weight excluding hydrogens is 668 g/mol. The van der Waals surface area contributed by atoms with Crippen LogP contribution < -0.4 is 19.7 Å². The fourth-order valence-corrected chi connectivity index (χ4v) is 10.1. The number of benzene rings is 2. The fourth-order valence-electron chi connectivity index (χ4n) is 8.83. The van der Waals surface area contributed by atoms with Crippen LogP contribution in [0.4, 0.5) is 5.82 Å². The Hall–Kier alpha value is -4.68. The summed E-state index contributed by atoms with van der Waals surface area (Å²) in [6.45, 7) is 3.75. The predicted octanol–water partition coefficient (Wildman–Crippen LogP) is 5.50. The number of hydrogen-bond donors (Lipinski definition) is 2. The van der Waals surface area contributed by atoms with Gasteiger partial charge in [0.25, 0.3) is 0 Å². The lowest BCUT2D eigenvalue weighted by Gasteiger charge is -2.49. The van der Waals surface area contributed by atoms with Crippen LogP contribution in [0.2, 0.25) is 5.02 Å². The number of hydrogen-bond acceptors (Lipinski definition) is 9. The number of rotatable bonds is 5. The van der Waals surface area contributed by atoms with Crippen molar-refractivity contribution in [1.82, 2.24) is 15.1 Å². The molecule has 0 radical (unpaired) electrons. The van der Waals surface area contributed by atoms with E-state index in [9.17, 15) is 24.3 Å². The number of carbonyl (C=O) groups excluding carboxylic acids is 4. The zero-order valence-corrected chi connectivity index (χ0v) is 28.9. The highest BCUT2D eigenvalue weighted by atomic mass is 35.5. The van der Waals surface area contributed by atoms with Crippen molar-refractivity contribution < 1.29 is 33.8 Å². The Morgan fingerprint density at radius 1 is 1.06 bits per heavy atom. The highest BCUT2D eigenvalue weighted by Gasteiger charge is 2.68. The number of anilines is 1. The number of ether oxygens (including phenoxy) is 2. The Balaban J connectivity index is 1.29. The minimum Gasteiger partial charge on any atom is -0.507 e. The summed E-state index contributed by atoms with van der Waals surface area (Å²) in [4.78, 5) is 57.8. The van der Waals surface area contributed by atoms with Crippen LogP contribution >= 0.6 is 22.9 Å². The zero-order chi connectivity index (χ0) is 34.7. The first kappa shape index (κ1) is 31.6. The summed E-state index contributed by atoms with van der Waals surface area (Å²) in [5, 5.41) is 20.4. The number of amides is 4. The van der Waals surface area contributed by atoms with Gasteiger partial charge in [-0.2, -0.15) is 5.10 Å². The van der Waals surface area contributed by atoms with Crippen LogP contribution in [0, 0.1) is 36.0 Å². The minimum absolute atomic E-state index is 0.168. The molecule has 252 valence electrons. The van der Waals surface area contributed by atoms with E-state index in [4.69, 9.17) is 26.2 Å². The van der Waals surface area contributed by atoms with E-state index in [1.807, 2.05) is 31.2 Å². The predicted molar refractivity (Wildman–Crippen MR) is 183 cm³/mol. The molecule has 6 atom stereocenters. The van der Waals surface area contributed by atoms with Crippen LogP contribution in [-0.4, -0.2) is 52.7 Å². The van der Waals surface area contributed by atoms with E-state index >= 15 is 0 Å². The molecule has 4 heterocycles. The molecule has 4 aromatic rings. The maximum Gasteiger partial charge on any atom is 0.242 e. The lowest BCUT2D eigenvalue weighted by atomic mass is 9.51. The maximum absolute atomic E-state index is 15.0. The van der Waals surface area contributed by atoms with E-state index in [1.165, 1.54) is 29.9 Å². The van der Waals surface area contributed by atoms with Gasteiger partial charge in [-0.25, -0.2) is 4.90 Å². The second kappa shape index (κ2) is 10.9. The van der Waals surface area contributed by atoms with Crippen molar-refractivity contribution in [3.8, 4) is 27.8 Å². The summed E-state index contributed by atoms with van der Waals surface area (Å²) in [6.07, 6.45) is 2.39. The van der Waals surface area contributed by atoms with Gasteiger partial charge < -0.3 is 14.6 Å². The van der Waals surface area contributed by atoms with Gasteiger partial charge in [-0.05, 0) is 61.8 Å². The minimum atomic E-state index is -1.39. The number of aromatic hydroxyl groups is 1. The standard InChI is InChI=1S/C36H33ClN4O7S/c1-15-20-10-16(37)6-9-26(20)49-31(15)23-14-27(40(3)39-23)41-34(45)22-13-21-18(7-8-19-28(21)33(44)38-32(19)43)30(36(22,2)35(41)46)29-24(42)11-17(47-4)12-25(29)48-5/h6-7,9-12,14,19,21-22,28,30,42H,8,13H2,1-5H3,(H,38,43,44). The lowest BCUT2D eigenvalue weighted by molar-refractivity contribution is -0.131. The number of halogens is 1. The van der Waals surface area contributed by atoms with Crippen molar-refractivity contribution in [3.63, 3.8) is 0 Å². The topological polar surface area (TPSA) is 140 Å². The van der Waals surface area contributed by atoms with E-state index < -0.39 is 46.8 Å². The third-order valence-electron chi connectivity index (χ3n) is 11.2. The number of methoxy groups -OCH3 is 2. The average Bonchev–Trinajstić information content (AvgIpc) is 3.76. The molecule has 1 saturated carbocycles. The first-order valence-electron chi connectivity index (χ1n) is 16.0. The molecule has 6 unspecified atom stereocenters. The normalized spacial score (nSPS) is 27.6. The fraction of sp³-hybridized carbons (Fsp3) is 0.361. The largest absolute Gasteiger partial charge is 0.507 e. The van der Waals surface area contributed by atoms with Crippen molar-refractivity contribution in [3.05, 3.63) is 64.2 Å². The third-order valence-corrected chi connectivity index (χ3v) is 12.7. The van der Waals surface area contributed by atoms with Crippen LogP contribution in [0.1, 0.15) is 36.8 Å². The summed E-state index contributed by atoms with van der Waals surface area (Å²) >= 11 is 7.84. The monoisotopic (exact) mass is 700 g/mol. The first-order chi connectivity index (χ1) is 23.4. The summed E-state index contributed by atoms with van der Waals surface area (Å²) in [5.74, 6) is -4.36. The van der Waals surface area contributed by atoms with Gasteiger partial charge in [-0.15, -0.1) is 11.3 Å². The third kappa shape index (κ3) is 4.29. The summed E-state index contributed by atoms with van der Waals surface area (Å²) < 4.78 is 13.7. The van der Waals surface area contributed by atoms with Crippen molar-refractivity contribution >= 4 is 62.5 Å². The molecule has 0 bridgehead atoms. The van der Waals surface area contributed by atoms with Crippen LogP contribution in [0.25, 0.3) is 20.7 Å². The van der Waals surface area contributed by atoms with Crippen molar-refractivity contribution in [2.45, 2.75) is 32.6 Å². The number of aryl methyl sites for hydroxylation is 2. The lowest BCUT2D eigenvalue weighted by Crippen LogP contribution is -2.49. The van der Waals surface area contributed by atoms with Gasteiger partial charge in [0.05, 0.1) is 42.3 Å². The van der Waals surface area contributed by atoms with E-state index in [2.05, 4.69) is 5.32 Å². The van der Waals surface area contributed by atoms with Crippen LogP contribution in [0.3, 0.4) is 0 Å². The Bertz CT molecular complexity index is 2190. The molecule has 13 heteroatoms. The molecule has 2 aromatic heterocycles. The Kier molecular flexibility index (Phi) is 7.03. The number of aromatic nitrogens is 2. The van der Waals surface area contributed by atoms with Gasteiger partial charge in [-0.1, -0.05) is 23.3 Å². The number of nitrogens with one attached hydrogen (secondary N) is 1. The van der Waals surface area contributed by atoms with Gasteiger partial charge in [0, 0.05) is 46.5 Å². The van der Waals surface area contributed by atoms with Crippen molar-refractivity contribution in [2.24, 2.45) is 36.1 Å². The van der Waals surface area contributed by atoms with E-state index in [1.54, 1.807) is 37.4 Å². The molecule has 2 aromatic carbocycles. The zero-order valence-electron chi connectivity index (χ0n) is 27.4.